The van der Waals surface area contributed by atoms with E-state index < -0.39 is 0 Å². The van der Waals surface area contributed by atoms with Crippen LogP contribution in [0.4, 0.5) is 0 Å². The molecule has 0 radical (unpaired) electrons. The van der Waals surface area contributed by atoms with Gasteiger partial charge in [0.15, 0.2) is 0 Å². The van der Waals surface area contributed by atoms with E-state index in [2.05, 4.69) is 41.7 Å². The van der Waals surface area contributed by atoms with Gasteiger partial charge in [-0.2, -0.15) is 0 Å². The highest BCUT2D eigenvalue weighted by molar-refractivity contribution is 7.10. The lowest BCUT2D eigenvalue weighted by atomic mass is 9.88. The summed E-state index contributed by atoms with van der Waals surface area (Å²) in [6.07, 6.45) is 5.42. The van der Waals surface area contributed by atoms with E-state index >= 15 is 0 Å². The Labute approximate surface area is 114 Å². The number of hydrogen-bond acceptors (Lipinski definition) is 3. The van der Waals surface area contributed by atoms with Crippen molar-refractivity contribution in [1.82, 2.24) is 10.2 Å². The van der Waals surface area contributed by atoms with Crippen LogP contribution in [0.1, 0.15) is 43.5 Å². The fourth-order valence-electron chi connectivity index (χ4n) is 3.13. The maximum atomic E-state index is 3.50. The molecule has 1 aromatic heterocycles. The molecule has 2 nitrogen and oxygen atoms in total. The molecule has 1 saturated carbocycles. The lowest BCUT2D eigenvalue weighted by Gasteiger charge is -2.42. The Kier molecular flexibility index (Phi) is 3.48. The number of nitrogens with zero attached hydrogens (tertiary/aromatic N) is 1. The summed E-state index contributed by atoms with van der Waals surface area (Å²) in [5, 5.41) is 5.72. The third-order valence-corrected chi connectivity index (χ3v) is 5.74. The van der Waals surface area contributed by atoms with Gasteiger partial charge in [-0.05, 0) is 57.0 Å². The molecule has 1 unspecified atom stereocenters. The molecule has 1 aliphatic heterocycles. The highest BCUT2D eigenvalue weighted by Gasteiger charge is 2.39. The van der Waals surface area contributed by atoms with Crippen molar-refractivity contribution in [1.29, 1.82) is 0 Å². The number of thiophene rings is 1. The van der Waals surface area contributed by atoms with E-state index in [1.54, 1.807) is 4.88 Å². The van der Waals surface area contributed by atoms with Crippen molar-refractivity contribution in [3.05, 3.63) is 22.4 Å². The summed E-state index contributed by atoms with van der Waals surface area (Å²) in [7, 11) is 2.10. The number of piperidine rings is 1. The maximum Gasteiger partial charge on any atom is 0.0469 e. The molecule has 2 heterocycles. The Morgan fingerprint density at radius 1 is 1.39 bits per heavy atom. The zero-order chi connectivity index (χ0) is 12.6. The van der Waals surface area contributed by atoms with Gasteiger partial charge in [-0.1, -0.05) is 6.07 Å². The van der Waals surface area contributed by atoms with Crippen LogP contribution in [-0.4, -0.2) is 30.6 Å². The molecule has 0 spiro atoms. The van der Waals surface area contributed by atoms with E-state index in [4.69, 9.17) is 0 Å². The van der Waals surface area contributed by atoms with Crippen molar-refractivity contribution in [2.45, 2.75) is 44.2 Å². The van der Waals surface area contributed by atoms with Crippen LogP contribution >= 0.6 is 11.3 Å². The summed E-state index contributed by atoms with van der Waals surface area (Å²) in [4.78, 5) is 4.33. The largest absolute Gasteiger partial charge is 0.314 e. The van der Waals surface area contributed by atoms with Crippen molar-refractivity contribution >= 4 is 11.3 Å². The number of likely N-dealkylation sites (tertiary alicyclic amines) is 1. The highest BCUT2D eigenvalue weighted by atomic mass is 32.1. The molecule has 1 saturated heterocycles. The standard InChI is InChI=1S/C15H24N2S/c1-15(16-2)7-9-17(10-8-15)14(12-5-6-12)13-4-3-11-18-13/h3-4,11-12,14,16H,5-10H2,1-2H3. The van der Waals surface area contributed by atoms with Crippen molar-refractivity contribution in [2.24, 2.45) is 5.92 Å². The fourth-order valence-corrected chi connectivity index (χ4v) is 4.08. The highest BCUT2D eigenvalue weighted by Crippen LogP contribution is 2.47. The first-order valence-corrected chi connectivity index (χ1v) is 8.06. The van der Waals surface area contributed by atoms with Crippen LogP contribution in [0.2, 0.25) is 0 Å². The van der Waals surface area contributed by atoms with E-state index in [0.717, 1.165) is 5.92 Å². The van der Waals surface area contributed by atoms with Crippen molar-refractivity contribution < 1.29 is 0 Å². The normalized spacial score (nSPS) is 26.1. The minimum atomic E-state index is 0.361. The quantitative estimate of drug-likeness (QED) is 0.898. The van der Waals surface area contributed by atoms with Gasteiger partial charge in [0, 0.05) is 29.5 Å². The second-order valence-electron chi connectivity index (χ2n) is 6.14. The average Bonchev–Trinajstić information content (AvgIpc) is 3.07. The first-order chi connectivity index (χ1) is 8.72. The first-order valence-electron chi connectivity index (χ1n) is 7.18. The van der Waals surface area contributed by atoms with E-state index in [1.165, 1.54) is 38.8 Å². The minimum Gasteiger partial charge on any atom is -0.314 e. The molecule has 1 N–H and O–H groups in total. The molecular formula is C15H24N2S. The predicted molar refractivity (Wildman–Crippen MR) is 78.1 cm³/mol. The number of rotatable bonds is 4. The maximum absolute atomic E-state index is 3.50. The Balaban J connectivity index is 1.70. The molecule has 3 heteroatoms. The van der Waals surface area contributed by atoms with Crippen LogP contribution in [-0.2, 0) is 0 Å². The van der Waals surface area contributed by atoms with Gasteiger partial charge in [-0.3, -0.25) is 4.90 Å². The van der Waals surface area contributed by atoms with Gasteiger partial charge in [-0.15, -0.1) is 11.3 Å². The number of hydrogen-bond donors (Lipinski definition) is 1. The summed E-state index contributed by atoms with van der Waals surface area (Å²) < 4.78 is 0. The van der Waals surface area contributed by atoms with Gasteiger partial charge in [0.1, 0.15) is 0 Å². The summed E-state index contributed by atoms with van der Waals surface area (Å²) in [5.74, 6) is 0.933. The second kappa shape index (κ2) is 4.95. The fraction of sp³-hybridized carbons (Fsp3) is 0.733. The van der Waals surface area contributed by atoms with Gasteiger partial charge < -0.3 is 5.32 Å². The molecule has 1 aliphatic carbocycles. The van der Waals surface area contributed by atoms with Gasteiger partial charge in [-0.25, -0.2) is 0 Å². The summed E-state index contributed by atoms with van der Waals surface area (Å²) in [6.45, 7) is 4.86. The van der Waals surface area contributed by atoms with Crippen molar-refractivity contribution in [3.63, 3.8) is 0 Å². The van der Waals surface area contributed by atoms with Gasteiger partial charge in [0.05, 0.1) is 0 Å². The van der Waals surface area contributed by atoms with Crippen molar-refractivity contribution in [2.75, 3.05) is 20.1 Å². The number of nitrogens with one attached hydrogen (secondary N) is 1. The molecule has 18 heavy (non-hydrogen) atoms. The Bertz CT molecular complexity index is 375. The van der Waals surface area contributed by atoms with Crippen LogP contribution in [0.3, 0.4) is 0 Å². The third-order valence-electron chi connectivity index (χ3n) is 4.80. The molecule has 1 atom stereocenters. The van der Waals surface area contributed by atoms with Crippen LogP contribution < -0.4 is 5.32 Å². The molecule has 0 aromatic carbocycles. The lowest BCUT2D eigenvalue weighted by molar-refractivity contribution is 0.100. The van der Waals surface area contributed by atoms with Gasteiger partial charge in [0.2, 0.25) is 0 Å². The molecule has 2 aliphatic rings. The van der Waals surface area contributed by atoms with E-state index in [9.17, 15) is 0 Å². The molecule has 100 valence electrons. The summed E-state index contributed by atoms with van der Waals surface area (Å²) in [6, 6.07) is 5.25. The van der Waals surface area contributed by atoms with E-state index in [1.807, 2.05) is 11.3 Å². The smallest absolute Gasteiger partial charge is 0.0469 e. The van der Waals surface area contributed by atoms with Crippen LogP contribution in [0.15, 0.2) is 17.5 Å². The Morgan fingerprint density at radius 2 is 2.11 bits per heavy atom. The van der Waals surface area contributed by atoms with E-state index in [-0.39, 0.29) is 0 Å². The van der Waals surface area contributed by atoms with Crippen LogP contribution in [0, 0.1) is 5.92 Å². The van der Waals surface area contributed by atoms with Crippen LogP contribution in [0.25, 0.3) is 0 Å². The zero-order valence-corrected chi connectivity index (χ0v) is 12.3. The molecular weight excluding hydrogens is 240 g/mol. The molecule has 3 rings (SSSR count). The molecule has 2 fully saturated rings. The molecule has 1 aromatic rings. The first kappa shape index (κ1) is 12.6. The minimum absolute atomic E-state index is 0.361. The second-order valence-corrected chi connectivity index (χ2v) is 7.12. The Hall–Kier alpha value is -0.380. The van der Waals surface area contributed by atoms with Gasteiger partial charge >= 0.3 is 0 Å². The Morgan fingerprint density at radius 3 is 2.61 bits per heavy atom. The zero-order valence-electron chi connectivity index (χ0n) is 11.5. The third kappa shape index (κ3) is 2.49. The van der Waals surface area contributed by atoms with Crippen LogP contribution in [0.5, 0.6) is 0 Å². The lowest BCUT2D eigenvalue weighted by Crippen LogP contribution is -2.50. The summed E-state index contributed by atoms with van der Waals surface area (Å²) >= 11 is 1.94. The van der Waals surface area contributed by atoms with Gasteiger partial charge in [0.25, 0.3) is 0 Å². The predicted octanol–water partition coefficient (Wildman–Crippen LogP) is 3.27. The molecule has 0 bridgehead atoms. The summed E-state index contributed by atoms with van der Waals surface area (Å²) in [5.41, 5.74) is 0.361. The topological polar surface area (TPSA) is 15.3 Å². The van der Waals surface area contributed by atoms with E-state index in [0.29, 0.717) is 11.6 Å². The molecule has 0 amide bonds. The average molecular weight is 264 g/mol. The van der Waals surface area contributed by atoms with Crippen molar-refractivity contribution in [3.8, 4) is 0 Å². The SMILES string of the molecule is CNC1(C)CCN(C(c2cccs2)C2CC2)CC1. The monoisotopic (exact) mass is 264 g/mol.